The minimum atomic E-state index is -0.407. The van der Waals surface area contributed by atoms with Crippen LogP contribution in [0.15, 0.2) is 18.2 Å². The second-order valence-corrected chi connectivity index (χ2v) is 5.15. The molecular formula is C13H20N4O2. The van der Waals surface area contributed by atoms with Crippen molar-refractivity contribution < 1.29 is 4.92 Å². The summed E-state index contributed by atoms with van der Waals surface area (Å²) in [4.78, 5) is 10.7. The van der Waals surface area contributed by atoms with Crippen molar-refractivity contribution in [2.24, 2.45) is 17.7 Å². The highest BCUT2D eigenvalue weighted by atomic mass is 16.6. The number of hydrazine groups is 1. The number of hydrogen-bond donors (Lipinski definition) is 3. The van der Waals surface area contributed by atoms with Crippen molar-refractivity contribution in [1.82, 2.24) is 0 Å². The van der Waals surface area contributed by atoms with E-state index in [1.165, 1.54) is 19.3 Å². The number of nitrogen functional groups attached to an aromatic ring is 1. The van der Waals surface area contributed by atoms with E-state index in [1.54, 1.807) is 18.2 Å². The highest BCUT2D eigenvalue weighted by molar-refractivity contribution is 5.75. The summed E-state index contributed by atoms with van der Waals surface area (Å²) in [6, 6.07) is 5.07. The van der Waals surface area contributed by atoms with Crippen molar-refractivity contribution in [3.63, 3.8) is 0 Å². The van der Waals surface area contributed by atoms with Gasteiger partial charge < -0.3 is 10.7 Å². The Labute approximate surface area is 112 Å². The minimum absolute atomic E-state index is 0.00986. The molecule has 104 valence electrons. The van der Waals surface area contributed by atoms with Crippen LogP contribution in [0.2, 0.25) is 0 Å². The molecule has 1 aromatic rings. The normalized spacial score (nSPS) is 22.2. The molecule has 1 aromatic carbocycles. The molecule has 6 nitrogen and oxygen atoms in total. The van der Waals surface area contributed by atoms with E-state index < -0.39 is 4.92 Å². The number of nitro benzene ring substituents is 1. The molecule has 2 atom stereocenters. The van der Waals surface area contributed by atoms with Crippen LogP contribution in [0, 0.1) is 22.0 Å². The van der Waals surface area contributed by atoms with Crippen LogP contribution in [0.3, 0.4) is 0 Å². The third-order valence-electron chi connectivity index (χ3n) is 3.97. The number of para-hydroxylation sites is 1. The zero-order chi connectivity index (χ0) is 13.8. The van der Waals surface area contributed by atoms with Gasteiger partial charge in [-0.2, -0.15) is 0 Å². The van der Waals surface area contributed by atoms with E-state index in [1.807, 2.05) is 0 Å². The van der Waals surface area contributed by atoms with Crippen LogP contribution >= 0.6 is 0 Å². The maximum absolute atomic E-state index is 11.1. The Bertz CT molecular complexity index is 464. The zero-order valence-corrected chi connectivity index (χ0v) is 11.1. The first-order valence-corrected chi connectivity index (χ1v) is 6.61. The fourth-order valence-electron chi connectivity index (χ4n) is 2.77. The standard InChI is InChI=1S/C13H20N4O2/c1-9-4-2-5-10(9)8-15-11-6-3-7-12(16-14)13(11)17(18)19/h3,6-7,9-10,15-16H,2,4-5,8,14H2,1H3. The highest BCUT2D eigenvalue weighted by Gasteiger charge is 2.25. The van der Waals surface area contributed by atoms with Crippen molar-refractivity contribution in [1.29, 1.82) is 0 Å². The molecule has 4 N–H and O–H groups in total. The number of rotatable bonds is 5. The third-order valence-corrected chi connectivity index (χ3v) is 3.97. The molecule has 19 heavy (non-hydrogen) atoms. The van der Waals surface area contributed by atoms with Crippen molar-refractivity contribution in [2.75, 3.05) is 17.3 Å². The maximum atomic E-state index is 11.1. The lowest BCUT2D eigenvalue weighted by Gasteiger charge is -2.17. The van der Waals surface area contributed by atoms with Gasteiger partial charge in [0.2, 0.25) is 0 Å². The van der Waals surface area contributed by atoms with E-state index in [9.17, 15) is 10.1 Å². The van der Waals surface area contributed by atoms with Crippen LogP contribution < -0.4 is 16.6 Å². The molecule has 2 rings (SSSR count). The average Bonchev–Trinajstić information content (AvgIpc) is 2.81. The molecule has 1 fully saturated rings. The topological polar surface area (TPSA) is 93.2 Å². The van der Waals surface area contributed by atoms with Crippen molar-refractivity contribution >= 4 is 17.1 Å². The van der Waals surface area contributed by atoms with Crippen LogP contribution in [-0.2, 0) is 0 Å². The molecule has 0 heterocycles. The first-order chi connectivity index (χ1) is 9.13. The summed E-state index contributed by atoms with van der Waals surface area (Å²) in [5, 5.41) is 14.3. The molecule has 1 saturated carbocycles. The SMILES string of the molecule is CC1CCCC1CNc1cccc(NN)c1[N+](=O)[O-]. The van der Waals surface area contributed by atoms with Crippen LogP contribution in [0.25, 0.3) is 0 Å². The van der Waals surface area contributed by atoms with E-state index in [2.05, 4.69) is 17.7 Å². The quantitative estimate of drug-likeness (QED) is 0.432. The smallest absolute Gasteiger partial charge is 0.316 e. The summed E-state index contributed by atoms with van der Waals surface area (Å²) in [7, 11) is 0. The summed E-state index contributed by atoms with van der Waals surface area (Å²) in [6.45, 7) is 3.02. The molecule has 0 bridgehead atoms. The number of nitrogens with one attached hydrogen (secondary N) is 2. The van der Waals surface area contributed by atoms with Gasteiger partial charge in [0.1, 0.15) is 11.4 Å². The Hall–Kier alpha value is -1.82. The second kappa shape index (κ2) is 5.88. The molecule has 1 aliphatic carbocycles. The van der Waals surface area contributed by atoms with Gasteiger partial charge in [0, 0.05) is 6.54 Å². The lowest BCUT2D eigenvalue weighted by Crippen LogP contribution is -2.17. The fraction of sp³-hybridized carbons (Fsp3) is 0.538. The third kappa shape index (κ3) is 2.96. The Morgan fingerprint density at radius 3 is 2.74 bits per heavy atom. The molecule has 2 unspecified atom stereocenters. The van der Waals surface area contributed by atoms with Crippen LogP contribution in [-0.4, -0.2) is 11.5 Å². The molecular weight excluding hydrogens is 244 g/mol. The predicted octanol–water partition coefficient (Wildman–Crippen LogP) is 2.73. The molecule has 0 spiro atoms. The summed E-state index contributed by atoms with van der Waals surface area (Å²) in [6.07, 6.45) is 3.69. The largest absolute Gasteiger partial charge is 0.379 e. The van der Waals surface area contributed by atoms with Gasteiger partial charge in [0.15, 0.2) is 0 Å². The fourth-order valence-corrected chi connectivity index (χ4v) is 2.77. The summed E-state index contributed by atoms with van der Waals surface area (Å²) >= 11 is 0. The second-order valence-electron chi connectivity index (χ2n) is 5.15. The van der Waals surface area contributed by atoms with Gasteiger partial charge >= 0.3 is 5.69 Å². The molecule has 1 aliphatic rings. The minimum Gasteiger partial charge on any atom is -0.379 e. The Balaban J connectivity index is 2.13. The predicted molar refractivity (Wildman–Crippen MR) is 75.9 cm³/mol. The summed E-state index contributed by atoms with van der Waals surface area (Å²) in [5.74, 6) is 6.59. The monoisotopic (exact) mass is 264 g/mol. The van der Waals surface area contributed by atoms with Gasteiger partial charge in [-0.05, 0) is 30.4 Å². The first-order valence-electron chi connectivity index (χ1n) is 6.61. The summed E-state index contributed by atoms with van der Waals surface area (Å²) in [5.41, 5.74) is 3.24. The Morgan fingerprint density at radius 2 is 2.16 bits per heavy atom. The zero-order valence-electron chi connectivity index (χ0n) is 11.1. The highest BCUT2D eigenvalue weighted by Crippen LogP contribution is 2.35. The molecule has 0 amide bonds. The number of hydrogen-bond acceptors (Lipinski definition) is 5. The summed E-state index contributed by atoms with van der Waals surface area (Å²) < 4.78 is 0. The van der Waals surface area contributed by atoms with Crippen molar-refractivity contribution in [3.8, 4) is 0 Å². The van der Waals surface area contributed by atoms with Crippen molar-refractivity contribution in [3.05, 3.63) is 28.3 Å². The number of nitrogens with two attached hydrogens (primary N) is 1. The van der Waals surface area contributed by atoms with Crippen LogP contribution in [0.5, 0.6) is 0 Å². The average molecular weight is 264 g/mol. The number of anilines is 2. The van der Waals surface area contributed by atoms with Gasteiger partial charge in [0.25, 0.3) is 0 Å². The van der Waals surface area contributed by atoms with Gasteiger partial charge in [-0.15, -0.1) is 0 Å². The van der Waals surface area contributed by atoms with Crippen molar-refractivity contribution in [2.45, 2.75) is 26.2 Å². The first kappa shape index (κ1) is 13.6. The maximum Gasteiger partial charge on any atom is 0.316 e. The lowest BCUT2D eigenvalue weighted by molar-refractivity contribution is -0.383. The van der Waals surface area contributed by atoms with Gasteiger partial charge in [-0.25, -0.2) is 0 Å². The van der Waals surface area contributed by atoms with Gasteiger partial charge in [-0.3, -0.25) is 16.0 Å². The van der Waals surface area contributed by atoms with E-state index >= 15 is 0 Å². The van der Waals surface area contributed by atoms with E-state index in [-0.39, 0.29) is 5.69 Å². The number of nitro groups is 1. The van der Waals surface area contributed by atoms with Gasteiger partial charge in [-0.1, -0.05) is 25.8 Å². The molecule has 0 radical (unpaired) electrons. The number of nitrogens with zero attached hydrogens (tertiary/aromatic N) is 1. The van der Waals surface area contributed by atoms with E-state index in [0.717, 1.165) is 6.54 Å². The van der Waals surface area contributed by atoms with Crippen LogP contribution in [0.4, 0.5) is 17.1 Å². The van der Waals surface area contributed by atoms with E-state index in [4.69, 9.17) is 5.84 Å². The lowest BCUT2D eigenvalue weighted by atomic mass is 9.98. The number of benzene rings is 1. The van der Waals surface area contributed by atoms with Gasteiger partial charge in [0.05, 0.1) is 4.92 Å². The van der Waals surface area contributed by atoms with Crippen LogP contribution in [0.1, 0.15) is 26.2 Å². The Morgan fingerprint density at radius 1 is 1.42 bits per heavy atom. The molecule has 0 saturated heterocycles. The molecule has 0 aliphatic heterocycles. The molecule has 0 aromatic heterocycles. The van der Waals surface area contributed by atoms with E-state index in [0.29, 0.717) is 23.2 Å². The Kier molecular flexibility index (Phi) is 4.21. The molecule has 6 heteroatoms.